The zero-order chi connectivity index (χ0) is 17.2. The third-order valence-electron chi connectivity index (χ3n) is 4.74. The maximum absolute atomic E-state index is 12.7. The third-order valence-corrected chi connectivity index (χ3v) is 6.13. The van der Waals surface area contributed by atoms with Gasteiger partial charge in [-0.1, -0.05) is 37.3 Å². The number of rotatable bonds is 4. The average molecular weight is 344 g/mol. The highest BCUT2D eigenvalue weighted by Gasteiger charge is 2.36. The van der Waals surface area contributed by atoms with Gasteiger partial charge in [0.1, 0.15) is 5.01 Å². The molecule has 0 aliphatic carbocycles. The molecule has 2 heterocycles. The Bertz CT molecular complexity index is 705. The third kappa shape index (κ3) is 3.52. The summed E-state index contributed by atoms with van der Waals surface area (Å²) in [6.07, 6.45) is 1.56. The van der Waals surface area contributed by atoms with Gasteiger partial charge in [-0.05, 0) is 26.7 Å². The summed E-state index contributed by atoms with van der Waals surface area (Å²) in [5.41, 5.74) is 1.78. The van der Waals surface area contributed by atoms with Gasteiger partial charge in [-0.15, -0.1) is 11.3 Å². The molecule has 3 rings (SSSR count). The van der Waals surface area contributed by atoms with E-state index in [0.29, 0.717) is 13.2 Å². The van der Waals surface area contributed by atoms with Crippen LogP contribution in [0.5, 0.6) is 0 Å². The summed E-state index contributed by atoms with van der Waals surface area (Å²) in [6.45, 7) is 7.41. The molecule has 1 atom stereocenters. The van der Waals surface area contributed by atoms with Crippen molar-refractivity contribution in [2.75, 3.05) is 13.2 Å². The van der Waals surface area contributed by atoms with E-state index in [1.165, 1.54) is 0 Å². The molecule has 0 radical (unpaired) electrons. The average Bonchev–Trinajstić information content (AvgIpc) is 2.98. The van der Waals surface area contributed by atoms with Crippen molar-refractivity contribution in [3.8, 4) is 10.6 Å². The first kappa shape index (κ1) is 17.1. The maximum atomic E-state index is 12.7. The first-order chi connectivity index (χ1) is 11.5. The number of aromatic nitrogens is 1. The molecule has 4 nitrogen and oxygen atoms in total. The molecule has 1 aliphatic heterocycles. The van der Waals surface area contributed by atoms with Crippen LogP contribution < -0.4 is 5.32 Å². The molecule has 0 spiro atoms. The minimum atomic E-state index is -0.326. The second-order valence-electron chi connectivity index (χ2n) is 6.70. The Morgan fingerprint density at radius 3 is 2.62 bits per heavy atom. The predicted molar refractivity (Wildman–Crippen MR) is 97.0 cm³/mol. The van der Waals surface area contributed by atoms with E-state index < -0.39 is 0 Å². The topological polar surface area (TPSA) is 51.2 Å². The molecule has 1 aromatic carbocycles. The summed E-state index contributed by atoms with van der Waals surface area (Å²) in [5.74, 6) is 0.118. The van der Waals surface area contributed by atoms with Gasteiger partial charge in [-0.25, -0.2) is 4.98 Å². The van der Waals surface area contributed by atoms with Crippen LogP contribution in [0.15, 0.2) is 30.3 Å². The second kappa shape index (κ2) is 7.03. The molecule has 1 fully saturated rings. The first-order valence-electron chi connectivity index (χ1n) is 8.41. The van der Waals surface area contributed by atoms with Crippen molar-refractivity contribution in [2.45, 2.75) is 39.7 Å². The number of aryl methyl sites for hydroxylation is 1. The Hall–Kier alpha value is -1.72. The van der Waals surface area contributed by atoms with Crippen molar-refractivity contribution in [1.29, 1.82) is 0 Å². The number of benzene rings is 1. The summed E-state index contributed by atoms with van der Waals surface area (Å²) < 4.78 is 5.39. The molecule has 0 saturated carbocycles. The van der Waals surface area contributed by atoms with E-state index in [0.717, 1.165) is 34.0 Å². The van der Waals surface area contributed by atoms with E-state index in [2.05, 4.69) is 22.4 Å². The van der Waals surface area contributed by atoms with Crippen molar-refractivity contribution >= 4 is 17.2 Å². The highest BCUT2D eigenvalue weighted by molar-refractivity contribution is 7.15. The van der Waals surface area contributed by atoms with Gasteiger partial charge in [-0.2, -0.15) is 0 Å². The molecule has 2 aromatic rings. The van der Waals surface area contributed by atoms with Crippen LogP contribution in [0.4, 0.5) is 0 Å². The van der Waals surface area contributed by atoms with Gasteiger partial charge in [0.2, 0.25) is 5.91 Å². The molecule has 24 heavy (non-hydrogen) atoms. The fourth-order valence-electron chi connectivity index (χ4n) is 3.00. The quantitative estimate of drug-likeness (QED) is 0.908. The lowest BCUT2D eigenvalue weighted by Gasteiger charge is -2.33. The molecule has 128 valence electrons. The number of hydrogen-bond donors (Lipinski definition) is 1. The van der Waals surface area contributed by atoms with E-state index in [9.17, 15) is 4.79 Å². The number of ether oxygens (including phenoxy) is 1. The molecule has 1 unspecified atom stereocenters. The smallest absolute Gasteiger partial charge is 0.226 e. The van der Waals surface area contributed by atoms with Gasteiger partial charge in [0.05, 0.1) is 22.0 Å². The van der Waals surface area contributed by atoms with Crippen molar-refractivity contribution in [3.05, 3.63) is 40.9 Å². The Kier molecular flexibility index (Phi) is 5.01. The highest BCUT2D eigenvalue weighted by atomic mass is 32.1. The summed E-state index contributed by atoms with van der Waals surface area (Å²) in [5, 5.41) is 4.19. The second-order valence-corrected chi connectivity index (χ2v) is 7.73. The molecule has 5 heteroatoms. The van der Waals surface area contributed by atoms with Gasteiger partial charge in [-0.3, -0.25) is 4.79 Å². The number of carbonyl (C=O) groups is 1. The van der Waals surface area contributed by atoms with Gasteiger partial charge in [0.15, 0.2) is 0 Å². The minimum Gasteiger partial charge on any atom is -0.381 e. The fraction of sp³-hybridized carbons (Fsp3) is 0.474. The molecule has 1 saturated heterocycles. The molecular weight excluding hydrogens is 320 g/mol. The lowest BCUT2D eigenvalue weighted by Crippen LogP contribution is -2.43. The minimum absolute atomic E-state index is 0.0351. The van der Waals surface area contributed by atoms with Crippen LogP contribution in [0.25, 0.3) is 10.6 Å². The molecule has 1 N–H and O–H groups in total. The van der Waals surface area contributed by atoms with E-state index in [1.54, 1.807) is 11.3 Å². The highest BCUT2D eigenvalue weighted by Crippen LogP contribution is 2.34. The molecule has 1 aromatic heterocycles. The maximum Gasteiger partial charge on any atom is 0.226 e. The van der Waals surface area contributed by atoms with Crippen LogP contribution in [-0.2, 0) is 9.53 Å². The summed E-state index contributed by atoms with van der Waals surface area (Å²) in [6, 6.07) is 10.1. The molecule has 1 amide bonds. The fourth-order valence-corrected chi connectivity index (χ4v) is 4.07. The van der Waals surface area contributed by atoms with E-state index >= 15 is 0 Å². The number of nitrogens with zero attached hydrogens (tertiary/aromatic N) is 1. The lowest BCUT2D eigenvalue weighted by atomic mass is 9.81. The van der Waals surface area contributed by atoms with E-state index in [-0.39, 0.29) is 17.4 Å². The molecule has 0 bridgehead atoms. The zero-order valence-corrected chi connectivity index (χ0v) is 15.3. The lowest BCUT2D eigenvalue weighted by molar-refractivity contribution is -0.135. The largest absolute Gasteiger partial charge is 0.381 e. The van der Waals surface area contributed by atoms with Crippen molar-refractivity contribution in [2.24, 2.45) is 5.41 Å². The van der Waals surface area contributed by atoms with Gasteiger partial charge in [0.25, 0.3) is 0 Å². The zero-order valence-electron chi connectivity index (χ0n) is 14.5. The van der Waals surface area contributed by atoms with Crippen LogP contribution >= 0.6 is 11.3 Å². The Morgan fingerprint density at radius 2 is 1.96 bits per heavy atom. The van der Waals surface area contributed by atoms with Crippen LogP contribution in [-0.4, -0.2) is 24.1 Å². The summed E-state index contributed by atoms with van der Waals surface area (Å²) >= 11 is 1.66. The Morgan fingerprint density at radius 1 is 1.29 bits per heavy atom. The van der Waals surface area contributed by atoms with Crippen molar-refractivity contribution < 1.29 is 9.53 Å². The normalized spacial score (nSPS) is 18.1. The number of nitrogens with one attached hydrogen (secondary N) is 1. The standard InChI is InChI=1S/C19H24N2O2S/c1-13-16(24-17(20-13)15-7-5-4-6-8-15)14(2)21-18(22)19(3)9-11-23-12-10-19/h4-8,14H,9-12H2,1-3H3,(H,21,22). The predicted octanol–water partition coefficient (Wildman–Crippen LogP) is 4.11. The molecular formula is C19H24N2O2S. The van der Waals surface area contributed by atoms with Gasteiger partial charge in [0, 0.05) is 18.8 Å². The van der Waals surface area contributed by atoms with Crippen molar-refractivity contribution in [3.63, 3.8) is 0 Å². The first-order valence-corrected chi connectivity index (χ1v) is 9.23. The van der Waals surface area contributed by atoms with Crippen LogP contribution in [0.2, 0.25) is 0 Å². The van der Waals surface area contributed by atoms with Crippen LogP contribution in [0.3, 0.4) is 0 Å². The molecule has 1 aliphatic rings. The Labute approximate surface area is 147 Å². The van der Waals surface area contributed by atoms with Crippen LogP contribution in [0, 0.1) is 12.3 Å². The van der Waals surface area contributed by atoms with Gasteiger partial charge < -0.3 is 10.1 Å². The summed E-state index contributed by atoms with van der Waals surface area (Å²) in [4.78, 5) is 18.5. The SMILES string of the molecule is Cc1nc(-c2ccccc2)sc1C(C)NC(=O)C1(C)CCOCC1. The number of amides is 1. The van der Waals surface area contributed by atoms with E-state index in [1.807, 2.05) is 39.0 Å². The van der Waals surface area contributed by atoms with Gasteiger partial charge >= 0.3 is 0 Å². The Balaban J connectivity index is 1.74. The van der Waals surface area contributed by atoms with Crippen molar-refractivity contribution in [1.82, 2.24) is 10.3 Å². The number of hydrogen-bond acceptors (Lipinski definition) is 4. The summed E-state index contributed by atoms with van der Waals surface area (Å²) in [7, 11) is 0. The van der Waals surface area contributed by atoms with E-state index in [4.69, 9.17) is 4.74 Å². The van der Waals surface area contributed by atoms with Crippen LogP contribution in [0.1, 0.15) is 43.3 Å². The monoisotopic (exact) mass is 344 g/mol. The number of thiazole rings is 1. The number of carbonyl (C=O) groups excluding carboxylic acids is 1.